The molecule has 0 aliphatic carbocycles. The molecule has 2 rings (SSSR count). The number of para-hydroxylation sites is 1. The van der Waals surface area contributed by atoms with Crippen molar-refractivity contribution in [3.63, 3.8) is 0 Å². The summed E-state index contributed by atoms with van der Waals surface area (Å²) in [5.41, 5.74) is 3.07. The SMILES string of the molecule is COc1ccccc1/C=N/N=C/c1ccc(N(C)C)cc1. The fraction of sp³-hybridized carbons (Fsp3) is 0.176. The van der Waals surface area contributed by atoms with E-state index in [1.807, 2.05) is 62.6 Å². The Hall–Kier alpha value is -2.62. The smallest absolute Gasteiger partial charge is 0.127 e. The van der Waals surface area contributed by atoms with E-state index in [-0.39, 0.29) is 0 Å². The van der Waals surface area contributed by atoms with E-state index in [9.17, 15) is 0 Å². The molecule has 0 saturated heterocycles. The van der Waals surface area contributed by atoms with Crippen molar-refractivity contribution in [1.29, 1.82) is 0 Å². The molecular formula is C17H19N3O. The minimum absolute atomic E-state index is 0.784. The van der Waals surface area contributed by atoms with Crippen molar-refractivity contribution in [2.75, 3.05) is 26.1 Å². The molecule has 0 fully saturated rings. The standard InChI is InChI=1S/C17H19N3O/c1-20(2)16-10-8-14(9-11-16)12-18-19-13-15-6-4-5-7-17(15)21-3/h4-13H,1-3H3/b18-12+,19-13+. The second kappa shape index (κ2) is 7.24. The Balaban J connectivity index is 2.03. The van der Waals surface area contributed by atoms with Crippen molar-refractivity contribution in [3.05, 3.63) is 59.7 Å². The maximum atomic E-state index is 5.25. The van der Waals surface area contributed by atoms with E-state index in [0.717, 1.165) is 22.6 Å². The van der Waals surface area contributed by atoms with Gasteiger partial charge in [0.1, 0.15) is 5.75 Å². The molecule has 0 heterocycles. The van der Waals surface area contributed by atoms with Crippen LogP contribution in [0.3, 0.4) is 0 Å². The molecule has 2 aromatic carbocycles. The van der Waals surface area contributed by atoms with Crippen molar-refractivity contribution in [2.24, 2.45) is 10.2 Å². The van der Waals surface area contributed by atoms with Gasteiger partial charge in [-0.3, -0.25) is 0 Å². The van der Waals surface area contributed by atoms with Crippen LogP contribution < -0.4 is 9.64 Å². The first-order valence-electron chi connectivity index (χ1n) is 6.67. The summed E-state index contributed by atoms with van der Waals surface area (Å²) < 4.78 is 5.25. The predicted octanol–water partition coefficient (Wildman–Crippen LogP) is 3.21. The van der Waals surface area contributed by atoms with Crippen LogP contribution in [0.5, 0.6) is 5.75 Å². The molecule has 0 bridgehead atoms. The number of benzene rings is 2. The molecule has 0 aliphatic heterocycles. The third kappa shape index (κ3) is 4.18. The number of nitrogens with zero attached hydrogens (tertiary/aromatic N) is 3. The van der Waals surface area contributed by atoms with Gasteiger partial charge in [-0.05, 0) is 29.8 Å². The summed E-state index contributed by atoms with van der Waals surface area (Å²) in [5, 5.41) is 8.12. The molecule has 4 nitrogen and oxygen atoms in total. The van der Waals surface area contributed by atoms with Gasteiger partial charge in [0.05, 0.1) is 19.5 Å². The second-order valence-electron chi connectivity index (χ2n) is 4.72. The van der Waals surface area contributed by atoms with Gasteiger partial charge in [-0.2, -0.15) is 10.2 Å². The molecule has 0 saturated carbocycles. The van der Waals surface area contributed by atoms with Crippen LogP contribution in [-0.2, 0) is 0 Å². The average Bonchev–Trinajstić information content (AvgIpc) is 2.52. The topological polar surface area (TPSA) is 37.2 Å². The van der Waals surface area contributed by atoms with Gasteiger partial charge < -0.3 is 9.64 Å². The molecule has 0 radical (unpaired) electrons. The van der Waals surface area contributed by atoms with Crippen molar-refractivity contribution in [1.82, 2.24) is 0 Å². The summed E-state index contributed by atoms with van der Waals surface area (Å²) in [6.07, 6.45) is 3.41. The Morgan fingerprint density at radius 1 is 0.905 bits per heavy atom. The minimum atomic E-state index is 0.784. The molecular weight excluding hydrogens is 262 g/mol. The van der Waals surface area contributed by atoms with Crippen molar-refractivity contribution >= 4 is 18.1 Å². The zero-order chi connectivity index (χ0) is 15.1. The van der Waals surface area contributed by atoms with E-state index in [2.05, 4.69) is 15.1 Å². The maximum Gasteiger partial charge on any atom is 0.127 e. The Morgan fingerprint density at radius 3 is 2.24 bits per heavy atom. The van der Waals surface area contributed by atoms with Gasteiger partial charge >= 0.3 is 0 Å². The molecule has 0 amide bonds. The molecule has 0 unspecified atom stereocenters. The van der Waals surface area contributed by atoms with E-state index in [1.165, 1.54) is 0 Å². The summed E-state index contributed by atoms with van der Waals surface area (Å²) in [5.74, 6) is 0.784. The first-order chi connectivity index (χ1) is 10.2. The normalized spacial score (nSPS) is 11.2. The lowest BCUT2D eigenvalue weighted by atomic mass is 10.2. The first-order valence-corrected chi connectivity index (χ1v) is 6.67. The van der Waals surface area contributed by atoms with E-state index < -0.39 is 0 Å². The zero-order valence-electron chi connectivity index (χ0n) is 12.5. The van der Waals surface area contributed by atoms with Gasteiger partial charge in [-0.15, -0.1) is 0 Å². The van der Waals surface area contributed by atoms with Crippen molar-refractivity contribution < 1.29 is 4.74 Å². The van der Waals surface area contributed by atoms with E-state index in [0.29, 0.717) is 0 Å². The van der Waals surface area contributed by atoms with Crippen molar-refractivity contribution in [3.8, 4) is 5.75 Å². The fourth-order valence-electron chi connectivity index (χ4n) is 1.83. The van der Waals surface area contributed by atoms with Gasteiger partial charge in [-0.25, -0.2) is 0 Å². The van der Waals surface area contributed by atoms with Crippen LogP contribution in [0, 0.1) is 0 Å². The molecule has 4 heteroatoms. The van der Waals surface area contributed by atoms with Gasteiger partial charge in [0.15, 0.2) is 0 Å². The van der Waals surface area contributed by atoms with Gasteiger partial charge in [-0.1, -0.05) is 24.3 Å². The molecule has 0 aliphatic rings. The third-order valence-electron chi connectivity index (χ3n) is 3.02. The monoisotopic (exact) mass is 281 g/mol. The number of anilines is 1. The Morgan fingerprint density at radius 2 is 1.57 bits per heavy atom. The van der Waals surface area contributed by atoms with Gasteiger partial charge in [0.2, 0.25) is 0 Å². The van der Waals surface area contributed by atoms with Crippen LogP contribution in [-0.4, -0.2) is 33.6 Å². The first kappa shape index (κ1) is 14.8. The maximum absolute atomic E-state index is 5.25. The van der Waals surface area contributed by atoms with Crippen LogP contribution in [0.15, 0.2) is 58.7 Å². The molecule has 0 N–H and O–H groups in total. The highest BCUT2D eigenvalue weighted by Gasteiger charge is 1.96. The molecule has 2 aromatic rings. The van der Waals surface area contributed by atoms with E-state index in [1.54, 1.807) is 19.5 Å². The molecule has 0 spiro atoms. The lowest BCUT2D eigenvalue weighted by Gasteiger charge is -2.11. The molecule has 0 aromatic heterocycles. The number of ether oxygens (including phenoxy) is 1. The third-order valence-corrected chi connectivity index (χ3v) is 3.02. The summed E-state index contributed by atoms with van der Waals surface area (Å²) in [7, 11) is 5.67. The summed E-state index contributed by atoms with van der Waals surface area (Å²) >= 11 is 0. The molecule has 0 atom stereocenters. The van der Waals surface area contributed by atoms with E-state index in [4.69, 9.17) is 4.74 Å². The Kier molecular flexibility index (Phi) is 5.10. The number of rotatable bonds is 5. The highest BCUT2D eigenvalue weighted by molar-refractivity contribution is 5.85. The summed E-state index contributed by atoms with van der Waals surface area (Å²) in [6.45, 7) is 0. The van der Waals surface area contributed by atoms with Crippen LogP contribution in [0.25, 0.3) is 0 Å². The quantitative estimate of drug-likeness (QED) is 0.623. The Labute approximate surface area is 125 Å². The highest BCUT2D eigenvalue weighted by Crippen LogP contribution is 2.14. The highest BCUT2D eigenvalue weighted by atomic mass is 16.5. The zero-order valence-corrected chi connectivity index (χ0v) is 12.5. The van der Waals surface area contributed by atoms with Crippen molar-refractivity contribution in [2.45, 2.75) is 0 Å². The van der Waals surface area contributed by atoms with Crippen LogP contribution in [0.2, 0.25) is 0 Å². The van der Waals surface area contributed by atoms with E-state index >= 15 is 0 Å². The van der Waals surface area contributed by atoms with Crippen LogP contribution in [0.4, 0.5) is 5.69 Å². The second-order valence-corrected chi connectivity index (χ2v) is 4.72. The summed E-state index contributed by atoms with van der Waals surface area (Å²) in [4.78, 5) is 2.06. The van der Waals surface area contributed by atoms with Crippen LogP contribution in [0.1, 0.15) is 11.1 Å². The lowest BCUT2D eigenvalue weighted by Crippen LogP contribution is -2.08. The summed E-state index contributed by atoms with van der Waals surface area (Å²) in [6, 6.07) is 15.8. The number of hydrogen-bond donors (Lipinski definition) is 0. The molecule has 108 valence electrons. The number of methoxy groups -OCH3 is 1. The predicted molar refractivity (Wildman–Crippen MR) is 89.0 cm³/mol. The van der Waals surface area contributed by atoms with Gasteiger partial charge in [0, 0.05) is 25.3 Å². The van der Waals surface area contributed by atoms with Gasteiger partial charge in [0.25, 0.3) is 0 Å². The van der Waals surface area contributed by atoms with Crippen LogP contribution >= 0.6 is 0 Å². The largest absolute Gasteiger partial charge is 0.496 e. The average molecular weight is 281 g/mol. The Bertz CT molecular complexity index is 631. The number of hydrogen-bond acceptors (Lipinski definition) is 4. The lowest BCUT2D eigenvalue weighted by molar-refractivity contribution is 0.414. The molecule has 21 heavy (non-hydrogen) atoms. The minimum Gasteiger partial charge on any atom is -0.496 e. The fourth-order valence-corrected chi connectivity index (χ4v) is 1.83.